The van der Waals surface area contributed by atoms with Gasteiger partial charge in [-0.1, -0.05) is 44.2 Å². The summed E-state index contributed by atoms with van der Waals surface area (Å²) in [6, 6.07) is 12.1. The van der Waals surface area contributed by atoms with Crippen molar-refractivity contribution in [2.45, 2.75) is 88.6 Å². The van der Waals surface area contributed by atoms with Crippen molar-refractivity contribution in [2.24, 2.45) is 5.92 Å². The van der Waals surface area contributed by atoms with Gasteiger partial charge in [-0.2, -0.15) is 26.3 Å². The van der Waals surface area contributed by atoms with Crippen molar-refractivity contribution in [1.29, 1.82) is 0 Å². The topological polar surface area (TPSA) is 32.3 Å². The molecule has 2 atom stereocenters. The average Bonchev–Trinajstić information content (AvgIpc) is 3.25. The van der Waals surface area contributed by atoms with Gasteiger partial charge < -0.3 is 10.2 Å². The summed E-state index contributed by atoms with van der Waals surface area (Å²) >= 11 is 0. The minimum atomic E-state index is -4.95. The summed E-state index contributed by atoms with van der Waals surface area (Å²) in [4.78, 5) is 15.6. The minimum Gasteiger partial charge on any atom is -0.350 e. The SMILES string of the molecule is CC(C)CC1(NC(=O)Cc2cc(C(F)(F)F)cc(C(F)(F)F)c2)CCC(N2CCC(c3ccccc3)CC2)C1. The van der Waals surface area contributed by atoms with E-state index in [1.165, 1.54) is 5.56 Å². The van der Waals surface area contributed by atoms with Crippen molar-refractivity contribution in [2.75, 3.05) is 13.1 Å². The second kappa shape index (κ2) is 11.5. The molecule has 1 aliphatic carbocycles. The van der Waals surface area contributed by atoms with E-state index in [1.54, 1.807) is 0 Å². The zero-order valence-corrected chi connectivity index (χ0v) is 22.3. The number of nitrogens with zero attached hydrogens (tertiary/aromatic N) is 1. The van der Waals surface area contributed by atoms with Crippen LogP contribution in [-0.2, 0) is 23.6 Å². The highest BCUT2D eigenvalue weighted by molar-refractivity contribution is 5.79. The van der Waals surface area contributed by atoms with Crippen LogP contribution in [0.15, 0.2) is 48.5 Å². The number of likely N-dealkylation sites (tertiary alicyclic amines) is 1. The molecule has 1 heterocycles. The molecule has 3 nitrogen and oxygen atoms in total. The summed E-state index contributed by atoms with van der Waals surface area (Å²) in [6.07, 6.45) is -5.27. The van der Waals surface area contributed by atoms with E-state index in [9.17, 15) is 31.1 Å². The van der Waals surface area contributed by atoms with E-state index in [2.05, 4.69) is 48.3 Å². The van der Waals surface area contributed by atoms with E-state index in [1.807, 2.05) is 6.07 Å². The molecule has 9 heteroatoms. The van der Waals surface area contributed by atoms with Crippen molar-refractivity contribution in [3.8, 4) is 0 Å². The Kier molecular flexibility index (Phi) is 8.69. The molecule has 2 aliphatic rings. The molecule has 2 fully saturated rings. The number of piperidine rings is 1. The first kappa shape index (κ1) is 29.4. The van der Waals surface area contributed by atoms with Crippen LogP contribution in [0.1, 0.15) is 80.5 Å². The highest BCUT2D eigenvalue weighted by atomic mass is 19.4. The number of hydrogen-bond acceptors (Lipinski definition) is 2. The molecule has 1 aliphatic heterocycles. The number of carbonyl (C=O) groups excluding carboxylic acids is 1. The third-order valence-corrected chi connectivity index (χ3v) is 8.12. The number of hydrogen-bond donors (Lipinski definition) is 1. The number of rotatable bonds is 7. The van der Waals surface area contributed by atoms with E-state index in [0.717, 1.165) is 45.2 Å². The number of amides is 1. The summed E-state index contributed by atoms with van der Waals surface area (Å²) in [6.45, 7) is 6.02. The number of nitrogens with one attached hydrogen (secondary N) is 1. The van der Waals surface area contributed by atoms with Crippen LogP contribution in [0.25, 0.3) is 0 Å². The predicted molar refractivity (Wildman–Crippen MR) is 138 cm³/mol. The zero-order chi connectivity index (χ0) is 28.4. The highest BCUT2D eigenvalue weighted by Gasteiger charge is 2.43. The normalized spacial score (nSPS) is 23.4. The summed E-state index contributed by atoms with van der Waals surface area (Å²) in [5.41, 5.74) is -2.28. The first-order valence-corrected chi connectivity index (χ1v) is 13.6. The molecule has 0 bridgehead atoms. The highest BCUT2D eigenvalue weighted by Crippen LogP contribution is 2.40. The average molecular weight is 555 g/mol. The van der Waals surface area contributed by atoms with E-state index in [0.29, 0.717) is 24.5 Å². The summed E-state index contributed by atoms with van der Waals surface area (Å²) < 4.78 is 79.6. The van der Waals surface area contributed by atoms with Gasteiger partial charge >= 0.3 is 12.4 Å². The maximum atomic E-state index is 13.3. The van der Waals surface area contributed by atoms with Crippen LogP contribution in [0.3, 0.4) is 0 Å². The molecule has 1 amide bonds. The summed E-state index contributed by atoms with van der Waals surface area (Å²) in [5, 5.41) is 3.06. The van der Waals surface area contributed by atoms with Crippen LogP contribution in [0.2, 0.25) is 0 Å². The molecule has 1 N–H and O–H groups in total. The van der Waals surface area contributed by atoms with Crippen molar-refractivity contribution >= 4 is 5.91 Å². The molecule has 2 aromatic carbocycles. The molecular formula is C30H36F6N2O. The Morgan fingerprint density at radius 2 is 1.54 bits per heavy atom. The maximum Gasteiger partial charge on any atom is 0.416 e. The lowest BCUT2D eigenvalue weighted by Crippen LogP contribution is -2.50. The van der Waals surface area contributed by atoms with Crippen LogP contribution >= 0.6 is 0 Å². The molecule has 0 aromatic heterocycles. The van der Waals surface area contributed by atoms with Gasteiger partial charge in [-0.15, -0.1) is 0 Å². The lowest BCUT2D eigenvalue weighted by molar-refractivity contribution is -0.143. The fraction of sp³-hybridized carbons (Fsp3) is 0.567. The van der Waals surface area contributed by atoms with Gasteiger partial charge in [-0.05, 0) is 92.8 Å². The van der Waals surface area contributed by atoms with Gasteiger partial charge in [0, 0.05) is 11.6 Å². The van der Waals surface area contributed by atoms with Crippen LogP contribution in [-0.4, -0.2) is 35.5 Å². The fourth-order valence-corrected chi connectivity index (χ4v) is 6.51. The number of benzene rings is 2. The predicted octanol–water partition coefficient (Wildman–Crippen LogP) is 7.60. The molecule has 0 spiro atoms. The van der Waals surface area contributed by atoms with Crippen LogP contribution in [0.4, 0.5) is 26.3 Å². The van der Waals surface area contributed by atoms with Crippen molar-refractivity contribution < 1.29 is 31.1 Å². The second-order valence-electron chi connectivity index (χ2n) is 11.6. The largest absolute Gasteiger partial charge is 0.416 e. The molecular weight excluding hydrogens is 518 g/mol. The molecule has 0 radical (unpaired) electrons. The zero-order valence-electron chi connectivity index (χ0n) is 22.3. The minimum absolute atomic E-state index is 0.0875. The van der Waals surface area contributed by atoms with Crippen molar-refractivity contribution in [3.63, 3.8) is 0 Å². The Bertz CT molecular complexity index is 1090. The molecule has 2 unspecified atom stereocenters. The van der Waals surface area contributed by atoms with Crippen LogP contribution < -0.4 is 5.32 Å². The van der Waals surface area contributed by atoms with Gasteiger partial charge in [0.25, 0.3) is 0 Å². The Morgan fingerprint density at radius 3 is 2.08 bits per heavy atom. The molecule has 1 saturated carbocycles. The first-order valence-electron chi connectivity index (χ1n) is 13.6. The molecule has 214 valence electrons. The first-order chi connectivity index (χ1) is 18.2. The van der Waals surface area contributed by atoms with E-state index >= 15 is 0 Å². The lowest BCUT2D eigenvalue weighted by Gasteiger charge is -2.38. The van der Waals surface area contributed by atoms with Gasteiger partial charge in [0.15, 0.2) is 0 Å². The van der Waals surface area contributed by atoms with Crippen molar-refractivity contribution in [3.05, 3.63) is 70.8 Å². The Hall–Kier alpha value is -2.55. The van der Waals surface area contributed by atoms with Crippen LogP contribution in [0.5, 0.6) is 0 Å². The van der Waals surface area contributed by atoms with E-state index in [4.69, 9.17) is 0 Å². The molecule has 4 rings (SSSR count). The monoisotopic (exact) mass is 554 g/mol. The van der Waals surface area contributed by atoms with Gasteiger partial charge in [-0.25, -0.2) is 0 Å². The number of halogens is 6. The summed E-state index contributed by atoms with van der Waals surface area (Å²) in [5.74, 6) is 0.239. The van der Waals surface area contributed by atoms with Gasteiger partial charge in [0.2, 0.25) is 5.91 Å². The number of carbonyl (C=O) groups is 1. The molecule has 39 heavy (non-hydrogen) atoms. The fourth-order valence-electron chi connectivity index (χ4n) is 6.51. The van der Waals surface area contributed by atoms with Gasteiger partial charge in [0.05, 0.1) is 17.5 Å². The second-order valence-corrected chi connectivity index (χ2v) is 11.6. The lowest BCUT2D eigenvalue weighted by atomic mass is 9.86. The maximum absolute atomic E-state index is 13.3. The van der Waals surface area contributed by atoms with Gasteiger partial charge in [0.1, 0.15) is 0 Å². The molecule has 2 aromatic rings. The van der Waals surface area contributed by atoms with E-state index < -0.39 is 41.3 Å². The third kappa shape index (κ3) is 7.56. The smallest absolute Gasteiger partial charge is 0.350 e. The van der Waals surface area contributed by atoms with Crippen LogP contribution in [0, 0.1) is 5.92 Å². The van der Waals surface area contributed by atoms with Crippen molar-refractivity contribution in [1.82, 2.24) is 10.2 Å². The Morgan fingerprint density at radius 1 is 0.949 bits per heavy atom. The Balaban J connectivity index is 1.43. The van der Waals surface area contributed by atoms with E-state index in [-0.39, 0.29) is 23.6 Å². The molecule has 1 saturated heterocycles. The van der Waals surface area contributed by atoms with Gasteiger partial charge in [-0.3, -0.25) is 4.79 Å². The quantitative estimate of drug-likeness (QED) is 0.358. The standard InChI is InChI=1S/C30H36F6N2O/c1-20(2)18-28(11-8-26(19-28)38-12-9-23(10-13-38)22-6-4-3-5-7-22)37-27(39)16-21-14-24(29(31,32)33)17-25(15-21)30(34,35)36/h3-7,14-15,17,20,23,26H,8-13,16,18-19H2,1-2H3,(H,37,39). The summed E-state index contributed by atoms with van der Waals surface area (Å²) in [7, 11) is 0. The third-order valence-electron chi connectivity index (χ3n) is 8.12. The Labute approximate surface area is 226 Å². The number of alkyl halides is 6.